The Hall–Kier alpha value is -2.38. The van der Waals surface area contributed by atoms with Gasteiger partial charge in [-0.15, -0.1) is 0 Å². The predicted octanol–water partition coefficient (Wildman–Crippen LogP) is 4.22. The molecule has 1 fully saturated rings. The van der Waals surface area contributed by atoms with Crippen molar-refractivity contribution >= 4 is 5.91 Å². The first-order valence-electron chi connectivity index (χ1n) is 10.1. The first-order chi connectivity index (χ1) is 14.3. The van der Waals surface area contributed by atoms with Crippen LogP contribution in [0.3, 0.4) is 0 Å². The van der Waals surface area contributed by atoms with Crippen molar-refractivity contribution in [3.63, 3.8) is 0 Å². The molecule has 2 aromatic carbocycles. The zero-order valence-corrected chi connectivity index (χ0v) is 17.0. The van der Waals surface area contributed by atoms with Crippen LogP contribution in [-0.4, -0.2) is 49.8 Å². The Balaban J connectivity index is 1.70. The lowest BCUT2D eigenvalue weighted by Gasteiger charge is -2.35. The summed E-state index contributed by atoms with van der Waals surface area (Å²) in [5.74, 6) is -2.42. The first-order valence-corrected chi connectivity index (χ1v) is 10.1. The third-order valence-corrected chi connectivity index (χ3v) is 5.39. The summed E-state index contributed by atoms with van der Waals surface area (Å²) in [5.41, 5.74) is 2.23. The van der Waals surface area contributed by atoms with E-state index in [-0.39, 0.29) is 18.2 Å². The number of carbonyl (C=O) groups excluding carboxylic acids is 1. The zero-order chi connectivity index (χ0) is 21.6. The number of benzene rings is 2. The van der Waals surface area contributed by atoms with E-state index in [1.807, 2.05) is 25.1 Å². The van der Waals surface area contributed by atoms with Crippen molar-refractivity contribution in [1.29, 1.82) is 0 Å². The Labute approximate surface area is 175 Å². The number of halogens is 3. The molecule has 0 spiro atoms. The molecule has 1 aliphatic rings. The number of nitrogens with zero attached hydrogens (tertiary/aromatic N) is 1. The van der Waals surface area contributed by atoms with Crippen LogP contribution in [0.1, 0.15) is 35.1 Å². The Kier molecular flexibility index (Phi) is 7.50. The number of carbonyl (C=O) groups is 1. The molecule has 0 bridgehead atoms. The molecule has 4 nitrogen and oxygen atoms in total. The third kappa shape index (κ3) is 6.06. The second-order valence-corrected chi connectivity index (χ2v) is 7.59. The van der Waals surface area contributed by atoms with E-state index in [0.29, 0.717) is 26.3 Å². The number of amides is 1. The van der Waals surface area contributed by atoms with Gasteiger partial charge in [-0.2, -0.15) is 13.2 Å². The fourth-order valence-corrected chi connectivity index (χ4v) is 3.80. The Morgan fingerprint density at radius 3 is 2.37 bits per heavy atom. The van der Waals surface area contributed by atoms with Crippen molar-refractivity contribution in [2.75, 3.05) is 32.8 Å². The second kappa shape index (κ2) is 10.1. The number of hydrogen-bond donors (Lipinski definition) is 1. The van der Waals surface area contributed by atoms with Gasteiger partial charge in [-0.05, 0) is 18.1 Å². The molecule has 0 aromatic heterocycles. The third-order valence-electron chi connectivity index (χ3n) is 5.39. The molecule has 0 saturated carbocycles. The summed E-state index contributed by atoms with van der Waals surface area (Å²) in [5, 5.41) is 2.75. The second-order valence-electron chi connectivity index (χ2n) is 7.59. The van der Waals surface area contributed by atoms with Gasteiger partial charge in [0, 0.05) is 26.1 Å². The molecule has 1 aliphatic heterocycles. The molecule has 1 heterocycles. The van der Waals surface area contributed by atoms with Gasteiger partial charge >= 0.3 is 6.18 Å². The van der Waals surface area contributed by atoms with Crippen LogP contribution in [0, 0.1) is 6.92 Å². The van der Waals surface area contributed by atoms with Crippen LogP contribution in [0.2, 0.25) is 0 Å². The molecule has 1 saturated heterocycles. The molecular formula is C23H27F3N2O2. The maximum atomic E-state index is 13.6. The number of aryl methyl sites for hydroxylation is 1. The van der Waals surface area contributed by atoms with Crippen LogP contribution in [0.5, 0.6) is 0 Å². The van der Waals surface area contributed by atoms with Crippen molar-refractivity contribution in [1.82, 2.24) is 10.2 Å². The maximum absolute atomic E-state index is 13.6. The van der Waals surface area contributed by atoms with Gasteiger partial charge in [0.05, 0.1) is 25.2 Å². The summed E-state index contributed by atoms with van der Waals surface area (Å²) in [7, 11) is 0. The zero-order valence-electron chi connectivity index (χ0n) is 17.0. The summed E-state index contributed by atoms with van der Waals surface area (Å²) < 4.78 is 46.1. The molecule has 2 atom stereocenters. The maximum Gasteiger partial charge on any atom is 0.396 e. The molecule has 3 rings (SSSR count). The van der Waals surface area contributed by atoms with Gasteiger partial charge in [-0.3, -0.25) is 9.69 Å². The molecule has 30 heavy (non-hydrogen) atoms. The summed E-state index contributed by atoms with van der Waals surface area (Å²) in [6.45, 7) is 4.86. The Morgan fingerprint density at radius 1 is 1.07 bits per heavy atom. The van der Waals surface area contributed by atoms with Crippen LogP contribution in [0.25, 0.3) is 0 Å². The molecule has 2 unspecified atom stereocenters. The van der Waals surface area contributed by atoms with Crippen LogP contribution in [0.4, 0.5) is 13.2 Å². The predicted molar refractivity (Wildman–Crippen MR) is 109 cm³/mol. The van der Waals surface area contributed by atoms with Crippen molar-refractivity contribution < 1.29 is 22.7 Å². The number of hydrogen-bond acceptors (Lipinski definition) is 3. The van der Waals surface area contributed by atoms with E-state index in [9.17, 15) is 18.0 Å². The quantitative estimate of drug-likeness (QED) is 0.729. The molecule has 2 aromatic rings. The lowest BCUT2D eigenvalue weighted by atomic mass is 9.94. The first kappa shape index (κ1) is 22.3. The molecule has 0 aliphatic carbocycles. The van der Waals surface area contributed by atoms with E-state index in [2.05, 4.69) is 16.3 Å². The van der Waals surface area contributed by atoms with Crippen molar-refractivity contribution in [2.24, 2.45) is 0 Å². The van der Waals surface area contributed by atoms with Crippen LogP contribution >= 0.6 is 0 Å². The van der Waals surface area contributed by atoms with Gasteiger partial charge in [-0.1, -0.05) is 60.2 Å². The minimum absolute atomic E-state index is 0.101. The number of morpholine rings is 1. The van der Waals surface area contributed by atoms with E-state index >= 15 is 0 Å². The van der Waals surface area contributed by atoms with Gasteiger partial charge in [-0.25, -0.2) is 0 Å². The lowest BCUT2D eigenvalue weighted by molar-refractivity contribution is -0.157. The SMILES string of the molecule is Cc1cccc(C(CNC(=O)CC(c2ccccc2)C(F)(F)F)N2CCOCC2)c1. The molecule has 1 N–H and O–H groups in total. The fourth-order valence-electron chi connectivity index (χ4n) is 3.80. The van der Waals surface area contributed by atoms with Gasteiger partial charge in [0.1, 0.15) is 0 Å². The van der Waals surface area contributed by atoms with E-state index in [1.165, 1.54) is 12.1 Å². The summed E-state index contributed by atoms with van der Waals surface area (Å²) in [6, 6.07) is 15.5. The normalized spacial score (nSPS) is 17.3. The van der Waals surface area contributed by atoms with Crippen LogP contribution in [0.15, 0.2) is 54.6 Å². The number of nitrogens with one attached hydrogen (secondary N) is 1. The highest BCUT2D eigenvalue weighted by Gasteiger charge is 2.41. The summed E-state index contributed by atoms with van der Waals surface area (Å²) in [6.07, 6.45) is -5.12. The Bertz CT molecular complexity index is 821. The smallest absolute Gasteiger partial charge is 0.379 e. The molecular weight excluding hydrogens is 393 g/mol. The van der Waals surface area contributed by atoms with E-state index in [0.717, 1.165) is 11.1 Å². The molecule has 7 heteroatoms. The van der Waals surface area contributed by atoms with Gasteiger partial charge in [0.15, 0.2) is 0 Å². The average molecular weight is 420 g/mol. The van der Waals surface area contributed by atoms with Crippen molar-refractivity contribution in [2.45, 2.75) is 31.5 Å². The van der Waals surface area contributed by atoms with Crippen LogP contribution < -0.4 is 5.32 Å². The standard InChI is InChI=1S/C23H27F3N2O2/c1-17-6-5-9-19(14-17)21(28-10-12-30-13-11-28)16-27-22(29)15-20(23(24,25)26)18-7-3-2-4-8-18/h2-9,14,20-21H,10-13,15-16H2,1H3,(H,27,29). The number of alkyl halides is 3. The fraction of sp³-hybridized carbons (Fsp3) is 0.435. The highest BCUT2D eigenvalue weighted by atomic mass is 19.4. The van der Waals surface area contributed by atoms with Gasteiger partial charge < -0.3 is 10.1 Å². The minimum Gasteiger partial charge on any atom is -0.379 e. The largest absolute Gasteiger partial charge is 0.396 e. The van der Waals surface area contributed by atoms with Crippen LogP contribution in [-0.2, 0) is 9.53 Å². The molecule has 162 valence electrons. The topological polar surface area (TPSA) is 41.6 Å². The lowest BCUT2D eigenvalue weighted by Crippen LogP contribution is -2.44. The summed E-state index contributed by atoms with van der Waals surface area (Å²) in [4.78, 5) is 14.7. The van der Waals surface area contributed by atoms with Gasteiger partial charge in [0.25, 0.3) is 0 Å². The van der Waals surface area contributed by atoms with E-state index in [1.54, 1.807) is 18.2 Å². The van der Waals surface area contributed by atoms with E-state index < -0.39 is 24.4 Å². The Morgan fingerprint density at radius 2 is 1.73 bits per heavy atom. The monoisotopic (exact) mass is 420 g/mol. The van der Waals surface area contributed by atoms with E-state index in [4.69, 9.17) is 4.74 Å². The number of rotatable bonds is 7. The molecule has 1 amide bonds. The highest BCUT2D eigenvalue weighted by molar-refractivity contribution is 5.77. The minimum atomic E-state index is -4.49. The van der Waals surface area contributed by atoms with Crippen molar-refractivity contribution in [3.8, 4) is 0 Å². The highest BCUT2D eigenvalue weighted by Crippen LogP contribution is 2.37. The number of ether oxygens (including phenoxy) is 1. The van der Waals surface area contributed by atoms with Gasteiger partial charge in [0.2, 0.25) is 5.91 Å². The summed E-state index contributed by atoms with van der Waals surface area (Å²) >= 11 is 0. The molecule has 0 radical (unpaired) electrons. The average Bonchev–Trinajstić information content (AvgIpc) is 2.73. The van der Waals surface area contributed by atoms with Crippen molar-refractivity contribution in [3.05, 3.63) is 71.3 Å².